The van der Waals surface area contributed by atoms with Gasteiger partial charge in [-0.15, -0.1) is 0 Å². The summed E-state index contributed by atoms with van der Waals surface area (Å²) in [4.78, 5) is 10.8. The van der Waals surface area contributed by atoms with Crippen molar-refractivity contribution in [2.24, 2.45) is 5.73 Å². The molecule has 1 rings (SSSR count). The maximum absolute atomic E-state index is 10.8. The zero-order chi connectivity index (χ0) is 9.14. The summed E-state index contributed by atoms with van der Waals surface area (Å²) in [5.74, 6) is 0.0610. The number of nitrogens with two attached hydrogens (primary N) is 1. The topological polar surface area (TPSA) is 87.0 Å². The number of nitrogens with zero attached hydrogens (tertiary/aromatic N) is 2. The number of primary amides is 1. The van der Waals surface area contributed by atoms with E-state index in [-0.39, 0.29) is 0 Å². The van der Waals surface area contributed by atoms with E-state index >= 15 is 0 Å². The van der Waals surface area contributed by atoms with Gasteiger partial charge in [-0.3, -0.25) is 14.9 Å². The van der Waals surface area contributed by atoms with Gasteiger partial charge in [0, 0.05) is 14.1 Å². The smallest absolute Gasteiger partial charge is 0.254 e. The normalized spacial score (nSPS) is 9.83. The number of carbonyl (C=O) groups excluding carboxylic acids is 1. The van der Waals surface area contributed by atoms with Crippen molar-refractivity contribution in [2.75, 3.05) is 19.1 Å². The van der Waals surface area contributed by atoms with Crippen LogP contribution in [0.15, 0.2) is 6.20 Å². The van der Waals surface area contributed by atoms with Gasteiger partial charge < -0.3 is 5.73 Å². The maximum Gasteiger partial charge on any atom is 0.254 e. The molecule has 0 atom stereocenters. The van der Waals surface area contributed by atoms with Gasteiger partial charge in [-0.2, -0.15) is 5.10 Å². The first-order chi connectivity index (χ1) is 5.66. The molecule has 1 aromatic heterocycles. The predicted octanol–water partition coefficient (Wildman–Crippen LogP) is -0.921. The molecule has 1 amide bonds. The number of rotatable bonds is 3. The van der Waals surface area contributed by atoms with Crippen LogP contribution in [0.2, 0.25) is 0 Å². The van der Waals surface area contributed by atoms with Crippen LogP contribution in [0.4, 0.5) is 5.82 Å². The second kappa shape index (κ2) is 3.22. The summed E-state index contributed by atoms with van der Waals surface area (Å²) in [6.45, 7) is 0. The van der Waals surface area contributed by atoms with Crippen molar-refractivity contribution in [3.63, 3.8) is 0 Å². The van der Waals surface area contributed by atoms with Crippen LogP contribution in [0.25, 0.3) is 0 Å². The van der Waals surface area contributed by atoms with Crippen LogP contribution < -0.4 is 16.2 Å². The van der Waals surface area contributed by atoms with E-state index in [1.807, 2.05) is 0 Å². The lowest BCUT2D eigenvalue weighted by molar-refractivity contribution is 0.100. The van der Waals surface area contributed by atoms with Gasteiger partial charge in [0.2, 0.25) is 0 Å². The molecule has 0 fully saturated rings. The molecule has 12 heavy (non-hydrogen) atoms. The molecule has 4 N–H and O–H groups in total. The standard InChI is InChI=1S/C6H11N5O/c1-8-11(2)6-4(5(7)12)3-9-10-6/h3,8H,1-2H3,(H2,7,12)(H,9,10). The molecule has 0 aromatic carbocycles. The van der Waals surface area contributed by atoms with Crippen LogP contribution in [0.5, 0.6) is 0 Å². The van der Waals surface area contributed by atoms with Gasteiger partial charge in [-0.05, 0) is 0 Å². The zero-order valence-corrected chi connectivity index (χ0v) is 6.96. The first-order valence-corrected chi connectivity index (χ1v) is 3.41. The number of nitrogens with one attached hydrogen (secondary N) is 2. The van der Waals surface area contributed by atoms with Crippen LogP contribution in [-0.4, -0.2) is 30.2 Å². The first-order valence-electron chi connectivity index (χ1n) is 3.41. The third-order valence-corrected chi connectivity index (χ3v) is 1.56. The molecule has 0 aliphatic heterocycles. The molecule has 0 saturated heterocycles. The highest BCUT2D eigenvalue weighted by atomic mass is 16.1. The molecule has 0 unspecified atom stereocenters. The summed E-state index contributed by atoms with van der Waals surface area (Å²) in [6.07, 6.45) is 1.39. The summed E-state index contributed by atoms with van der Waals surface area (Å²) >= 11 is 0. The van der Waals surface area contributed by atoms with Crippen LogP contribution in [0.3, 0.4) is 0 Å². The number of hydrogen-bond donors (Lipinski definition) is 3. The van der Waals surface area contributed by atoms with Crippen LogP contribution in [0, 0.1) is 0 Å². The fraction of sp³-hybridized carbons (Fsp3) is 0.333. The molecule has 0 radical (unpaired) electrons. The van der Waals surface area contributed by atoms with Crippen LogP contribution in [-0.2, 0) is 0 Å². The fourth-order valence-electron chi connectivity index (χ4n) is 0.827. The monoisotopic (exact) mass is 169 g/mol. The Morgan fingerprint density at radius 3 is 3.00 bits per heavy atom. The van der Waals surface area contributed by atoms with Crippen LogP contribution >= 0.6 is 0 Å². The number of hydrazine groups is 1. The average molecular weight is 169 g/mol. The van der Waals surface area contributed by atoms with Gasteiger partial charge in [-0.25, -0.2) is 5.43 Å². The number of anilines is 1. The van der Waals surface area contributed by atoms with Gasteiger partial charge in [0.05, 0.1) is 6.20 Å². The van der Waals surface area contributed by atoms with Gasteiger partial charge in [0.15, 0.2) is 5.82 Å². The van der Waals surface area contributed by atoms with Crippen molar-refractivity contribution in [3.05, 3.63) is 11.8 Å². The Morgan fingerprint density at radius 1 is 1.83 bits per heavy atom. The Labute approximate surface area is 69.7 Å². The fourth-order valence-corrected chi connectivity index (χ4v) is 0.827. The van der Waals surface area contributed by atoms with E-state index in [1.54, 1.807) is 19.1 Å². The van der Waals surface area contributed by atoms with Crippen molar-refractivity contribution < 1.29 is 4.79 Å². The summed E-state index contributed by atoms with van der Waals surface area (Å²) in [5.41, 5.74) is 8.28. The second-order valence-electron chi connectivity index (χ2n) is 2.28. The minimum Gasteiger partial charge on any atom is -0.365 e. The molecular formula is C6H11N5O. The lowest BCUT2D eigenvalue weighted by Crippen LogP contribution is -2.32. The number of carbonyl (C=O) groups is 1. The van der Waals surface area contributed by atoms with E-state index in [0.29, 0.717) is 11.4 Å². The van der Waals surface area contributed by atoms with Crippen molar-refractivity contribution >= 4 is 11.7 Å². The highest BCUT2D eigenvalue weighted by molar-refractivity contribution is 5.97. The van der Waals surface area contributed by atoms with Crippen molar-refractivity contribution in [3.8, 4) is 0 Å². The Hall–Kier alpha value is -1.56. The van der Waals surface area contributed by atoms with E-state index < -0.39 is 5.91 Å². The lowest BCUT2D eigenvalue weighted by Gasteiger charge is -2.15. The van der Waals surface area contributed by atoms with E-state index in [9.17, 15) is 4.79 Å². The Balaban J connectivity index is 2.98. The molecule has 0 aliphatic rings. The molecule has 6 nitrogen and oxygen atoms in total. The molecule has 6 heteroatoms. The van der Waals surface area contributed by atoms with Crippen molar-refractivity contribution in [1.82, 2.24) is 15.6 Å². The van der Waals surface area contributed by atoms with Crippen molar-refractivity contribution in [1.29, 1.82) is 0 Å². The van der Waals surface area contributed by atoms with Gasteiger partial charge in [0.1, 0.15) is 5.56 Å². The molecule has 0 bridgehead atoms. The van der Waals surface area contributed by atoms with Gasteiger partial charge >= 0.3 is 0 Å². The largest absolute Gasteiger partial charge is 0.365 e. The molecule has 1 aromatic rings. The SMILES string of the molecule is CNN(C)c1[nH]ncc1C(N)=O. The Bertz CT molecular complexity index is 281. The third kappa shape index (κ3) is 1.37. The quantitative estimate of drug-likeness (QED) is 0.511. The number of amides is 1. The molecular weight excluding hydrogens is 158 g/mol. The summed E-state index contributed by atoms with van der Waals surface area (Å²) in [5, 5.41) is 7.97. The Kier molecular flexibility index (Phi) is 2.29. The number of aromatic amines is 1. The zero-order valence-electron chi connectivity index (χ0n) is 6.96. The molecule has 0 aliphatic carbocycles. The maximum atomic E-state index is 10.8. The van der Waals surface area contributed by atoms with Crippen LogP contribution in [0.1, 0.15) is 10.4 Å². The van der Waals surface area contributed by atoms with E-state index in [0.717, 1.165) is 0 Å². The summed E-state index contributed by atoms with van der Waals surface area (Å²) in [7, 11) is 3.48. The van der Waals surface area contributed by atoms with Crippen molar-refractivity contribution in [2.45, 2.75) is 0 Å². The minimum absolute atomic E-state index is 0.367. The minimum atomic E-state index is -0.499. The summed E-state index contributed by atoms with van der Waals surface area (Å²) in [6, 6.07) is 0. The lowest BCUT2D eigenvalue weighted by atomic mass is 10.3. The Morgan fingerprint density at radius 2 is 2.50 bits per heavy atom. The van der Waals surface area contributed by atoms with Gasteiger partial charge in [0.25, 0.3) is 5.91 Å². The highest BCUT2D eigenvalue weighted by Gasteiger charge is 2.12. The molecule has 0 saturated carbocycles. The highest BCUT2D eigenvalue weighted by Crippen LogP contribution is 2.11. The summed E-state index contributed by atoms with van der Waals surface area (Å²) < 4.78 is 0. The van der Waals surface area contributed by atoms with Gasteiger partial charge in [-0.1, -0.05) is 0 Å². The van der Waals surface area contributed by atoms with E-state index in [1.165, 1.54) is 6.20 Å². The number of H-pyrrole nitrogens is 1. The number of hydrogen-bond acceptors (Lipinski definition) is 4. The predicted molar refractivity (Wildman–Crippen MR) is 44.6 cm³/mol. The molecule has 1 heterocycles. The third-order valence-electron chi connectivity index (χ3n) is 1.56. The number of aromatic nitrogens is 2. The molecule has 0 spiro atoms. The molecule has 66 valence electrons. The first kappa shape index (κ1) is 8.54. The second-order valence-corrected chi connectivity index (χ2v) is 2.28. The van der Waals surface area contributed by atoms with E-state index in [2.05, 4.69) is 15.6 Å². The average Bonchev–Trinajstić information content (AvgIpc) is 2.50. The van der Waals surface area contributed by atoms with E-state index in [4.69, 9.17) is 5.73 Å².